The monoisotopic (exact) mass is 487 g/mol. The van der Waals surface area contributed by atoms with Gasteiger partial charge in [-0.1, -0.05) is 0 Å². The van der Waals surface area contributed by atoms with E-state index in [0.29, 0.717) is 34.3 Å². The summed E-state index contributed by atoms with van der Waals surface area (Å²) in [6, 6.07) is 18.7. The van der Waals surface area contributed by atoms with Crippen LogP contribution in [0.2, 0.25) is 0 Å². The zero-order chi connectivity index (χ0) is 25.1. The van der Waals surface area contributed by atoms with Gasteiger partial charge in [0.05, 0.1) is 13.3 Å². The number of methoxy groups -OCH3 is 1. The van der Waals surface area contributed by atoms with Gasteiger partial charge in [0.2, 0.25) is 6.79 Å². The van der Waals surface area contributed by atoms with Crippen molar-refractivity contribution in [1.29, 1.82) is 0 Å². The normalized spacial score (nSPS) is 12.2. The molecule has 1 amide bonds. The summed E-state index contributed by atoms with van der Waals surface area (Å²) in [5, 5.41) is 4.00. The van der Waals surface area contributed by atoms with Gasteiger partial charge < -0.3 is 27.9 Å². The minimum absolute atomic E-state index is 0.123. The Kier molecular flexibility index (Phi) is 6.36. The minimum atomic E-state index is -0.487. The standard InChI is InChI=1S/C27H25N3O6/c1-17-4-5-18(2)30(17)20-6-8-21(9-7-20)33-15-22-10-11-23(36-22)27(31)29-28-14-19-12-25-26(35-16-34-25)13-24(19)32-3/h4-14H,15-16H2,1-3H3,(H,29,31). The number of ether oxygens (including phenoxy) is 4. The van der Waals surface area contributed by atoms with Crippen molar-refractivity contribution in [2.75, 3.05) is 13.9 Å². The molecule has 4 aromatic rings. The maximum absolute atomic E-state index is 12.4. The molecule has 0 bridgehead atoms. The zero-order valence-electron chi connectivity index (χ0n) is 20.1. The van der Waals surface area contributed by atoms with Crippen LogP contribution in [-0.2, 0) is 6.61 Å². The van der Waals surface area contributed by atoms with Crippen LogP contribution in [0.25, 0.3) is 5.69 Å². The molecule has 0 radical (unpaired) electrons. The molecule has 9 heteroatoms. The van der Waals surface area contributed by atoms with Crippen molar-refractivity contribution < 1.29 is 28.2 Å². The molecule has 5 rings (SSSR count). The van der Waals surface area contributed by atoms with E-state index in [4.69, 9.17) is 23.4 Å². The third kappa shape index (κ3) is 4.76. The molecule has 1 aliphatic rings. The lowest BCUT2D eigenvalue weighted by molar-refractivity contribution is 0.0923. The first-order valence-electron chi connectivity index (χ1n) is 11.3. The summed E-state index contributed by atoms with van der Waals surface area (Å²) in [7, 11) is 1.54. The van der Waals surface area contributed by atoms with Gasteiger partial charge in [-0.15, -0.1) is 0 Å². The lowest BCUT2D eigenvalue weighted by Gasteiger charge is -2.10. The fourth-order valence-corrected chi connectivity index (χ4v) is 3.93. The number of hydrogen-bond acceptors (Lipinski definition) is 7. The third-order valence-electron chi connectivity index (χ3n) is 5.73. The smallest absolute Gasteiger partial charge is 0.307 e. The number of hydrogen-bond donors (Lipinski definition) is 1. The van der Waals surface area contributed by atoms with E-state index in [2.05, 4.69) is 41.1 Å². The zero-order valence-corrected chi connectivity index (χ0v) is 20.1. The van der Waals surface area contributed by atoms with Crippen molar-refractivity contribution in [2.45, 2.75) is 20.5 Å². The number of furan rings is 1. The van der Waals surface area contributed by atoms with E-state index in [0.717, 1.165) is 5.69 Å². The second-order valence-electron chi connectivity index (χ2n) is 8.15. The number of nitrogens with zero attached hydrogens (tertiary/aromatic N) is 2. The maximum atomic E-state index is 12.4. The molecule has 0 aliphatic carbocycles. The Balaban J connectivity index is 1.17. The Morgan fingerprint density at radius 3 is 2.47 bits per heavy atom. The van der Waals surface area contributed by atoms with Gasteiger partial charge in [0, 0.05) is 28.7 Å². The Morgan fingerprint density at radius 1 is 1.03 bits per heavy atom. The fourth-order valence-electron chi connectivity index (χ4n) is 3.93. The van der Waals surface area contributed by atoms with Gasteiger partial charge in [0.25, 0.3) is 0 Å². The van der Waals surface area contributed by atoms with Crippen molar-refractivity contribution in [3.8, 4) is 28.7 Å². The number of benzene rings is 2. The largest absolute Gasteiger partial charge is 0.496 e. The van der Waals surface area contributed by atoms with Crippen LogP contribution in [0.4, 0.5) is 0 Å². The average molecular weight is 488 g/mol. The molecule has 2 aromatic carbocycles. The predicted octanol–water partition coefficient (Wildman–Crippen LogP) is 4.77. The molecule has 9 nitrogen and oxygen atoms in total. The van der Waals surface area contributed by atoms with Gasteiger partial charge >= 0.3 is 5.91 Å². The summed E-state index contributed by atoms with van der Waals surface area (Å²) in [4.78, 5) is 12.4. The van der Waals surface area contributed by atoms with Crippen molar-refractivity contribution in [2.24, 2.45) is 5.10 Å². The summed E-state index contributed by atoms with van der Waals surface area (Å²) < 4.78 is 29.7. The summed E-state index contributed by atoms with van der Waals surface area (Å²) in [6.45, 7) is 4.48. The van der Waals surface area contributed by atoms with Crippen LogP contribution in [0.1, 0.15) is 33.3 Å². The molecule has 1 N–H and O–H groups in total. The molecule has 3 heterocycles. The summed E-state index contributed by atoms with van der Waals surface area (Å²) in [6.07, 6.45) is 1.46. The van der Waals surface area contributed by atoms with Crippen LogP contribution in [0.5, 0.6) is 23.0 Å². The van der Waals surface area contributed by atoms with Crippen LogP contribution in [0.15, 0.2) is 70.2 Å². The Labute approximate surface area is 207 Å². The molecule has 0 unspecified atom stereocenters. The van der Waals surface area contributed by atoms with Gasteiger partial charge in [0.1, 0.15) is 23.9 Å². The Morgan fingerprint density at radius 2 is 1.75 bits per heavy atom. The molecule has 2 aromatic heterocycles. The van der Waals surface area contributed by atoms with Crippen LogP contribution >= 0.6 is 0 Å². The highest BCUT2D eigenvalue weighted by Gasteiger charge is 2.17. The molecular weight excluding hydrogens is 462 g/mol. The quantitative estimate of drug-likeness (QED) is 0.284. The van der Waals surface area contributed by atoms with Crippen molar-refractivity contribution in [1.82, 2.24) is 9.99 Å². The van der Waals surface area contributed by atoms with Crippen LogP contribution in [0, 0.1) is 13.8 Å². The van der Waals surface area contributed by atoms with E-state index in [1.165, 1.54) is 17.6 Å². The van der Waals surface area contributed by atoms with Crippen LogP contribution in [0.3, 0.4) is 0 Å². The lowest BCUT2D eigenvalue weighted by atomic mass is 10.2. The van der Waals surface area contributed by atoms with Gasteiger partial charge in [0.15, 0.2) is 17.3 Å². The van der Waals surface area contributed by atoms with E-state index < -0.39 is 5.91 Å². The van der Waals surface area contributed by atoms with Crippen molar-refractivity contribution in [3.63, 3.8) is 0 Å². The van der Waals surface area contributed by atoms with E-state index in [9.17, 15) is 4.79 Å². The number of fused-ring (bicyclic) bond motifs is 1. The lowest BCUT2D eigenvalue weighted by Crippen LogP contribution is -2.16. The molecule has 0 fully saturated rings. The van der Waals surface area contributed by atoms with Gasteiger partial charge in [-0.2, -0.15) is 5.10 Å². The number of rotatable bonds is 8. The minimum Gasteiger partial charge on any atom is -0.496 e. The maximum Gasteiger partial charge on any atom is 0.307 e. The molecule has 0 atom stereocenters. The first kappa shape index (κ1) is 23.1. The van der Waals surface area contributed by atoms with Crippen LogP contribution < -0.4 is 24.4 Å². The second kappa shape index (κ2) is 9.91. The highest BCUT2D eigenvalue weighted by Crippen LogP contribution is 2.37. The molecule has 184 valence electrons. The second-order valence-corrected chi connectivity index (χ2v) is 8.15. The van der Waals surface area contributed by atoms with Gasteiger partial charge in [-0.05, 0) is 68.4 Å². The Bertz CT molecular complexity index is 1400. The van der Waals surface area contributed by atoms with Crippen LogP contribution in [-0.4, -0.2) is 30.6 Å². The first-order chi connectivity index (χ1) is 17.5. The topological polar surface area (TPSA) is 96.5 Å². The third-order valence-corrected chi connectivity index (χ3v) is 5.73. The van der Waals surface area contributed by atoms with Gasteiger partial charge in [-0.3, -0.25) is 4.79 Å². The summed E-state index contributed by atoms with van der Waals surface area (Å²) >= 11 is 0. The number of nitrogens with one attached hydrogen (secondary N) is 1. The van der Waals surface area contributed by atoms with E-state index in [1.54, 1.807) is 31.4 Å². The predicted molar refractivity (Wildman–Crippen MR) is 132 cm³/mol. The fraction of sp³-hybridized carbons (Fsp3) is 0.185. The first-order valence-corrected chi connectivity index (χ1v) is 11.3. The SMILES string of the molecule is COc1cc2c(cc1C=NNC(=O)c1ccc(COc3ccc(-n4c(C)ccc4C)cc3)o1)OCO2. The Hall–Kier alpha value is -4.66. The molecule has 36 heavy (non-hydrogen) atoms. The number of aromatic nitrogens is 1. The number of carbonyl (C=O) groups is 1. The van der Waals surface area contributed by atoms with Crippen molar-refractivity contribution in [3.05, 3.63) is 89.1 Å². The molecule has 0 saturated carbocycles. The highest BCUT2D eigenvalue weighted by molar-refractivity contribution is 5.93. The number of amides is 1. The molecule has 1 aliphatic heterocycles. The molecule has 0 saturated heterocycles. The molecular formula is C27H25N3O6. The molecule has 0 spiro atoms. The average Bonchev–Trinajstić information content (AvgIpc) is 3.62. The van der Waals surface area contributed by atoms with E-state index in [-0.39, 0.29) is 19.2 Å². The van der Waals surface area contributed by atoms with Crippen molar-refractivity contribution >= 4 is 12.1 Å². The number of hydrazone groups is 1. The highest BCUT2D eigenvalue weighted by atomic mass is 16.7. The van der Waals surface area contributed by atoms with E-state index >= 15 is 0 Å². The van der Waals surface area contributed by atoms with Gasteiger partial charge in [-0.25, -0.2) is 5.43 Å². The number of aryl methyl sites for hydroxylation is 2. The number of carbonyl (C=O) groups excluding carboxylic acids is 1. The van der Waals surface area contributed by atoms with E-state index in [1.807, 2.05) is 24.3 Å². The summed E-state index contributed by atoms with van der Waals surface area (Å²) in [5.41, 5.74) is 6.48. The summed E-state index contributed by atoms with van der Waals surface area (Å²) in [5.74, 6) is 2.58.